The Morgan fingerprint density at radius 1 is 1.06 bits per heavy atom. The normalized spacial score (nSPS) is 11.2. The van der Waals surface area contributed by atoms with Crippen LogP contribution in [0.1, 0.15) is 39.0 Å². The maximum Gasteiger partial charge on any atom is 0.0491 e. The summed E-state index contributed by atoms with van der Waals surface area (Å²) in [5.41, 5.74) is 1.34. The third-order valence-electron chi connectivity index (χ3n) is 3.24. The van der Waals surface area contributed by atoms with Crippen molar-refractivity contribution in [3.63, 3.8) is 0 Å². The Labute approximate surface area is 112 Å². The van der Waals surface area contributed by atoms with Crippen molar-refractivity contribution < 1.29 is 0 Å². The summed E-state index contributed by atoms with van der Waals surface area (Å²) in [6.45, 7) is 3.40. The lowest BCUT2D eigenvalue weighted by Crippen LogP contribution is -1.95. The van der Waals surface area contributed by atoms with E-state index in [9.17, 15) is 0 Å². The van der Waals surface area contributed by atoms with Crippen LogP contribution in [-0.4, -0.2) is 4.57 Å². The molecular formula is C15H20BrN. The van der Waals surface area contributed by atoms with Crippen molar-refractivity contribution in [2.75, 3.05) is 0 Å². The molecule has 0 amide bonds. The first-order valence-corrected chi connectivity index (χ1v) is 7.35. The molecule has 2 aromatic rings. The molecule has 1 aromatic carbocycles. The molecule has 0 radical (unpaired) electrons. The molecule has 17 heavy (non-hydrogen) atoms. The summed E-state index contributed by atoms with van der Waals surface area (Å²) in [4.78, 5) is 0. The Kier molecular flexibility index (Phi) is 4.66. The molecule has 1 heterocycles. The fourth-order valence-electron chi connectivity index (χ4n) is 2.24. The van der Waals surface area contributed by atoms with E-state index in [0.29, 0.717) is 0 Å². The molecule has 0 saturated heterocycles. The molecule has 2 rings (SSSR count). The summed E-state index contributed by atoms with van der Waals surface area (Å²) in [6.07, 6.45) is 8.91. The van der Waals surface area contributed by atoms with Gasteiger partial charge in [0, 0.05) is 22.7 Å². The van der Waals surface area contributed by atoms with Crippen LogP contribution in [0.2, 0.25) is 0 Å². The molecule has 0 unspecified atom stereocenters. The molecule has 1 nitrogen and oxygen atoms in total. The number of unbranched alkanes of at least 4 members (excludes halogenated alkanes) is 4. The van der Waals surface area contributed by atoms with E-state index in [1.165, 1.54) is 43.0 Å². The number of benzene rings is 1. The lowest BCUT2D eigenvalue weighted by atomic mass is 10.1. The van der Waals surface area contributed by atoms with Gasteiger partial charge in [0.2, 0.25) is 0 Å². The lowest BCUT2D eigenvalue weighted by molar-refractivity contribution is 0.577. The number of fused-ring (bicyclic) bond motifs is 1. The van der Waals surface area contributed by atoms with Crippen molar-refractivity contribution in [2.24, 2.45) is 0 Å². The largest absolute Gasteiger partial charge is 0.347 e. The molecule has 0 aliphatic carbocycles. The molecular weight excluding hydrogens is 274 g/mol. The molecule has 0 N–H and O–H groups in total. The van der Waals surface area contributed by atoms with Crippen molar-refractivity contribution in [1.82, 2.24) is 4.57 Å². The van der Waals surface area contributed by atoms with E-state index in [0.717, 1.165) is 11.0 Å². The quantitative estimate of drug-likeness (QED) is 0.631. The van der Waals surface area contributed by atoms with Gasteiger partial charge < -0.3 is 4.57 Å². The van der Waals surface area contributed by atoms with Crippen molar-refractivity contribution in [1.29, 1.82) is 0 Å². The summed E-state index contributed by atoms with van der Waals surface area (Å²) in [6, 6.07) is 8.69. The Bertz CT molecular complexity index is 473. The van der Waals surface area contributed by atoms with Crippen LogP contribution in [0, 0.1) is 0 Å². The maximum absolute atomic E-state index is 3.54. The first kappa shape index (κ1) is 12.7. The second-order valence-corrected chi connectivity index (χ2v) is 5.54. The smallest absolute Gasteiger partial charge is 0.0491 e. The van der Waals surface area contributed by atoms with Gasteiger partial charge in [-0.15, -0.1) is 0 Å². The van der Waals surface area contributed by atoms with Gasteiger partial charge in [0.1, 0.15) is 0 Å². The zero-order valence-corrected chi connectivity index (χ0v) is 12.0. The summed E-state index contributed by atoms with van der Waals surface area (Å²) >= 11 is 3.54. The number of halogens is 1. The highest BCUT2D eigenvalue weighted by Gasteiger charge is 2.01. The molecule has 0 saturated carbocycles. The van der Waals surface area contributed by atoms with Crippen LogP contribution >= 0.6 is 15.9 Å². The third-order valence-corrected chi connectivity index (χ3v) is 3.73. The Hall–Kier alpha value is -0.760. The average molecular weight is 294 g/mol. The monoisotopic (exact) mass is 293 g/mol. The Morgan fingerprint density at radius 2 is 1.88 bits per heavy atom. The van der Waals surface area contributed by atoms with Gasteiger partial charge in [-0.1, -0.05) is 54.6 Å². The SMILES string of the molecule is CCCCCCCn1ccc2ccc(Br)cc21. The van der Waals surface area contributed by atoms with Crippen LogP contribution in [0.5, 0.6) is 0 Å². The van der Waals surface area contributed by atoms with E-state index in [-0.39, 0.29) is 0 Å². The molecule has 0 spiro atoms. The van der Waals surface area contributed by atoms with Gasteiger partial charge in [-0.05, 0) is 30.0 Å². The predicted molar refractivity (Wildman–Crippen MR) is 78.4 cm³/mol. The van der Waals surface area contributed by atoms with E-state index >= 15 is 0 Å². The molecule has 92 valence electrons. The summed E-state index contributed by atoms with van der Waals surface area (Å²) in [5, 5.41) is 1.33. The van der Waals surface area contributed by atoms with E-state index < -0.39 is 0 Å². The number of hydrogen-bond donors (Lipinski definition) is 0. The number of rotatable bonds is 6. The third kappa shape index (κ3) is 3.35. The van der Waals surface area contributed by atoms with Gasteiger partial charge in [0.25, 0.3) is 0 Å². The average Bonchev–Trinajstić information content (AvgIpc) is 2.72. The summed E-state index contributed by atoms with van der Waals surface area (Å²) in [5.74, 6) is 0. The molecule has 2 heteroatoms. The molecule has 1 aromatic heterocycles. The number of aromatic nitrogens is 1. The molecule has 0 fully saturated rings. The van der Waals surface area contributed by atoms with Crippen LogP contribution in [0.15, 0.2) is 34.9 Å². The highest BCUT2D eigenvalue weighted by Crippen LogP contribution is 2.21. The van der Waals surface area contributed by atoms with Gasteiger partial charge in [-0.25, -0.2) is 0 Å². The van der Waals surface area contributed by atoms with Gasteiger partial charge >= 0.3 is 0 Å². The second kappa shape index (κ2) is 6.25. The maximum atomic E-state index is 3.54. The molecule has 0 bridgehead atoms. The predicted octanol–water partition coefficient (Wildman–Crippen LogP) is 5.37. The topological polar surface area (TPSA) is 4.93 Å². The van der Waals surface area contributed by atoms with Crippen LogP contribution in [0.3, 0.4) is 0 Å². The second-order valence-electron chi connectivity index (χ2n) is 4.63. The molecule has 0 aliphatic rings. The van der Waals surface area contributed by atoms with Crippen molar-refractivity contribution in [3.05, 3.63) is 34.9 Å². The summed E-state index contributed by atoms with van der Waals surface area (Å²) < 4.78 is 3.53. The van der Waals surface area contributed by atoms with Gasteiger partial charge in [0.05, 0.1) is 0 Å². The van der Waals surface area contributed by atoms with E-state index in [1.54, 1.807) is 0 Å². The Morgan fingerprint density at radius 3 is 2.71 bits per heavy atom. The van der Waals surface area contributed by atoms with Crippen LogP contribution < -0.4 is 0 Å². The van der Waals surface area contributed by atoms with Gasteiger partial charge in [-0.3, -0.25) is 0 Å². The van der Waals surface area contributed by atoms with Crippen molar-refractivity contribution >= 4 is 26.8 Å². The first-order chi connectivity index (χ1) is 8.31. The van der Waals surface area contributed by atoms with Crippen molar-refractivity contribution in [2.45, 2.75) is 45.6 Å². The molecule has 0 atom stereocenters. The minimum Gasteiger partial charge on any atom is -0.347 e. The van der Waals surface area contributed by atoms with Crippen LogP contribution in [0.4, 0.5) is 0 Å². The zero-order chi connectivity index (χ0) is 12.1. The minimum absolute atomic E-state index is 1.14. The van der Waals surface area contributed by atoms with Crippen LogP contribution in [-0.2, 0) is 6.54 Å². The van der Waals surface area contributed by atoms with Gasteiger partial charge in [-0.2, -0.15) is 0 Å². The Balaban J connectivity index is 1.96. The highest BCUT2D eigenvalue weighted by atomic mass is 79.9. The number of hydrogen-bond acceptors (Lipinski definition) is 0. The zero-order valence-electron chi connectivity index (χ0n) is 10.5. The first-order valence-electron chi connectivity index (χ1n) is 6.55. The highest BCUT2D eigenvalue weighted by molar-refractivity contribution is 9.10. The van der Waals surface area contributed by atoms with Crippen LogP contribution in [0.25, 0.3) is 10.9 Å². The number of aryl methyl sites for hydroxylation is 1. The number of nitrogens with zero attached hydrogens (tertiary/aromatic N) is 1. The lowest BCUT2D eigenvalue weighted by Gasteiger charge is -2.05. The minimum atomic E-state index is 1.14. The fraction of sp³-hybridized carbons (Fsp3) is 0.467. The van der Waals surface area contributed by atoms with E-state index in [4.69, 9.17) is 0 Å². The van der Waals surface area contributed by atoms with Gasteiger partial charge in [0.15, 0.2) is 0 Å². The fourth-order valence-corrected chi connectivity index (χ4v) is 2.59. The van der Waals surface area contributed by atoms with E-state index in [1.807, 2.05) is 0 Å². The summed E-state index contributed by atoms with van der Waals surface area (Å²) in [7, 11) is 0. The van der Waals surface area contributed by atoms with E-state index in [2.05, 4.69) is 57.9 Å². The molecule has 0 aliphatic heterocycles. The van der Waals surface area contributed by atoms with Crippen molar-refractivity contribution in [3.8, 4) is 0 Å². The standard InChI is InChI=1S/C15H20BrN/c1-2-3-4-5-6-10-17-11-9-13-7-8-14(16)12-15(13)17/h7-9,11-12H,2-6,10H2,1H3.